The molecule has 25 heavy (non-hydrogen) atoms. The van der Waals surface area contributed by atoms with E-state index in [9.17, 15) is 19.2 Å². The highest BCUT2D eigenvalue weighted by Gasteiger charge is 2.38. The first-order valence-corrected chi connectivity index (χ1v) is 8.19. The molecule has 2 aliphatic rings. The van der Waals surface area contributed by atoms with Gasteiger partial charge in [0.15, 0.2) is 0 Å². The molecule has 2 heterocycles. The number of amides is 6. The Labute approximate surface area is 146 Å². The minimum Gasteiger partial charge on any atom is -0.353 e. The topological polar surface area (TPSA) is 117 Å². The number of urea groups is 2. The first kappa shape index (κ1) is 20.8. The van der Waals surface area contributed by atoms with Crippen molar-refractivity contribution in [2.24, 2.45) is 0 Å². The second kappa shape index (κ2) is 9.94. The summed E-state index contributed by atoms with van der Waals surface area (Å²) in [7, 11) is 2.83. The van der Waals surface area contributed by atoms with E-state index < -0.39 is 12.5 Å². The molecule has 0 saturated carbocycles. The Bertz CT molecular complexity index is 512. The smallest absolute Gasteiger partial charge is 0.326 e. The normalized spacial score (nSPS) is 22.7. The zero-order chi connectivity index (χ0) is 19.0. The molecular formula is C15H26N4O6. The molecule has 2 fully saturated rings. The van der Waals surface area contributed by atoms with Gasteiger partial charge in [-0.05, 0) is 12.8 Å². The SMILES string of the molecule is CCCCN1C(=O)NC(=O)C1OC.CCCN1C(=O)NC(=O)C1OC. The standard InChI is InChI=1S/C8H14N2O3.C7H12N2O3/c1-3-4-5-10-7(13-2)6(11)9-8(10)12;1-3-4-9-6(12-2)5(10)8-7(9)11/h7H,3-5H2,1-2H3,(H,9,11,12);6H,3-4H2,1-2H3,(H,8,10,11). The van der Waals surface area contributed by atoms with E-state index in [0.717, 1.165) is 19.3 Å². The molecule has 0 aliphatic carbocycles. The number of hydrogen-bond donors (Lipinski definition) is 2. The summed E-state index contributed by atoms with van der Waals surface area (Å²) in [6, 6.07) is -0.723. The molecule has 2 aliphatic heterocycles. The predicted molar refractivity (Wildman–Crippen MR) is 87.3 cm³/mol. The molecule has 2 N–H and O–H groups in total. The lowest BCUT2D eigenvalue weighted by Gasteiger charge is -2.19. The molecule has 0 spiro atoms. The van der Waals surface area contributed by atoms with Gasteiger partial charge in [0.25, 0.3) is 11.8 Å². The fourth-order valence-electron chi connectivity index (χ4n) is 2.45. The second-order valence-corrected chi connectivity index (χ2v) is 5.51. The van der Waals surface area contributed by atoms with Gasteiger partial charge in [0.2, 0.25) is 12.5 Å². The summed E-state index contributed by atoms with van der Waals surface area (Å²) < 4.78 is 9.75. The third-order valence-corrected chi connectivity index (χ3v) is 3.66. The molecule has 0 aromatic heterocycles. The summed E-state index contributed by atoms with van der Waals surface area (Å²) >= 11 is 0. The van der Waals surface area contributed by atoms with Crippen LogP contribution in [0.4, 0.5) is 9.59 Å². The molecule has 2 saturated heterocycles. The van der Waals surface area contributed by atoms with Gasteiger partial charge in [-0.3, -0.25) is 30.0 Å². The number of hydrogen-bond acceptors (Lipinski definition) is 6. The largest absolute Gasteiger partial charge is 0.353 e. The maximum atomic E-state index is 11.2. The molecule has 0 aromatic rings. The Morgan fingerprint density at radius 3 is 1.60 bits per heavy atom. The molecule has 10 nitrogen and oxygen atoms in total. The third kappa shape index (κ3) is 5.13. The van der Waals surface area contributed by atoms with E-state index in [0.29, 0.717) is 13.1 Å². The number of imide groups is 2. The summed E-state index contributed by atoms with van der Waals surface area (Å²) in [6.45, 7) is 5.06. The van der Waals surface area contributed by atoms with Gasteiger partial charge in [-0.1, -0.05) is 20.3 Å². The van der Waals surface area contributed by atoms with Gasteiger partial charge in [-0.15, -0.1) is 0 Å². The van der Waals surface area contributed by atoms with E-state index in [1.54, 1.807) is 0 Å². The molecule has 2 unspecified atom stereocenters. The number of methoxy groups -OCH3 is 2. The summed E-state index contributed by atoms with van der Waals surface area (Å²) in [4.78, 5) is 47.1. The van der Waals surface area contributed by atoms with Crippen molar-refractivity contribution in [1.82, 2.24) is 20.4 Å². The van der Waals surface area contributed by atoms with Crippen LogP contribution in [0, 0.1) is 0 Å². The van der Waals surface area contributed by atoms with Gasteiger partial charge in [0.1, 0.15) is 0 Å². The summed E-state index contributed by atoms with van der Waals surface area (Å²) in [5.41, 5.74) is 0. The van der Waals surface area contributed by atoms with Gasteiger partial charge >= 0.3 is 12.1 Å². The third-order valence-electron chi connectivity index (χ3n) is 3.66. The van der Waals surface area contributed by atoms with Gasteiger partial charge in [0, 0.05) is 27.3 Å². The zero-order valence-electron chi connectivity index (χ0n) is 15.0. The number of carbonyl (C=O) groups is 4. The molecule has 2 atom stereocenters. The van der Waals surface area contributed by atoms with Crippen molar-refractivity contribution in [3.63, 3.8) is 0 Å². The summed E-state index contributed by atoms with van der Waals surface area (Å²) in [5, 5.41) is 4.38. The van der Waals surface area contributed by atoms with Crippen LogP contribution in [0.25, 0.3) is 0 Å². The first-order valence-electron chi connectivity index (χ1n) is 8.19. The number of unbranched alkanes of at least 4 members (excludes halogenated alkanes) is 1. The van der Waals surface area contributed by atoms with Crippen molar-refractivity contribution >= 4 is 23.9 Å². The lowest BCUT2D eigenvalue weighted by molar-refractivity contribution is -0.133. The van der Waals surface area contributed by atoms with Crippen molar-refractivity contribution in [2.45, 2.75) is 45.6 Å². The Hall–Kier alpha value is -2.20. The van der Waals surface area contributed by atoms with Crippen molar-refractivity contribution in [2.75, 3.05) is 27.3 Å². The van der Waals surface area contributed by atoms with Crippen LogP contribution in [0.15, 0.2) is 0 Å². The number of nitrogens with zero attached hydrogens (tertiary/aromatic N) is 2. The maximum Gasteiger partial charge on any atom is 0.326 e. The second-order valence-electron chi connectivity index (χ2n) is 5.51. The first-order chi connectivity index (χ1) is 11.9. The van der Waals surface area contributed by atoms with E-state index in [4.69, 9.17) is 9.47 Å². The Balaban J connectivity index is 0.000000251. The monoisotopic (exact) mass is 358 g/mol. The average Bonchev–Trinajstić information content (AvgIpc) is 3.00. The number of rotatable bonds is 7. The van der Waals surface area contributed by atoms with Gasteiger partial charge in [-0.2, -0.15) is 0 Å². The number of ether oxygens (including phenoxy) is 2. The zero-order valence-corrected chi connectivity index (χ0v) is 15.0. The van der Waals surface area contributed by atoms with Crippen molar-refractivity contribution < 1.29 is 28.7 Å². The van der Waals surface area contributed by atoms with Crippen LogP contribution < -0.4 is 10.6 Å². The van der Waals surface area contributed by atoms with Crippen LogP contribution in [-0.4, -0.2) is 73.4 Å². The summed E-state index contributed by atoms with van der Waals surface area (Å²) in [6.07, 6.45) is 1.19. The Kier molecular flexibility index (Phi) is 8.29. The highest BCUT2D eigenvalue weighted by Crippen LogP contribution is 2.10. The lowest BCUT2D eigenvalue weighted by Crippen LogP contribution is -2.37. The molecule has 6 amide bonds. The molecule has 0 bridgehead atoms. The quantitative estimate of drug-likeness (QED) is 0.629. The van der Waals surface area contributed by atoms with Crippen molar-refractivity contribution in [3.8, 4) is 0 Å². The van der Waals surface area contributed by atoms with Crippen LogP contribution in [0.5, 0.6) is 0 Å². The van der Waals surface area contributed by atoms with Crippen LogP contribution in [0.2, 0.25) is 0 Å². The number of carbonyl (C=O) groups excluding carboxylic acids is 4. The molecular weight excluding hydrogens is 332 g/mol. The van der Waals surface area contributed by atoms with Crippen molar-refractivity contribution in [3.05, 3.63) is 0 Å². The van der Waals surface area contributed by atoms with Gasteiger partial charge in [-0.25, -0.2) is 9.59 Å². The molecule has 10 heteroatoms. The molecule has 142 valence electrons. The Morgan fingerprint density at radius 2 is 1.24 bits per heavy atom. The van der Waals surface area contributed by atoms with E-state index >= 15 is 0 Å². The average molecular weight is 358 g/mol. The van der Waals surface area contributed by atoms with Crippen LogP contribution >= 0.6 is 0 Å². The fraction of sp³-hybridized carbons (Fsp3) is 0.733. The lowest BCUT2D eigenvalue weighted by atomic mass is 10.3. The van der Waals surface area contributed by atoms with E-state index in [-0.39, 0.29) is 23.9 Å². The van der Waals surface area contributed by atoms with Crippen LogP contribution in [0.3, 0.4) is 0 Å². The van der Waals surface area contributed by atoms with E-state index in [2.05, 4.69) is 10.6 Å². The number of nitrogens with one attached hydrogen (secondary N) is 2. The fourth-order valence-corrected chi connectivity index (χ4v) is 2.45. The van der Waals surface area contributed by atoms with Crippen molar-refractivity contribution in [1.29, 1.82) is 0 Å². The molecule has 2 rings (SSSR count). The predicted octanol–water partition coefficient (Wildman–Crippen LogP) is 0.232. The van der Waals surface area contributed by atoms with Gasteiger partial charge < -0.3 is 9.47 Å². The minimum absolute atomic E-state index is 0.356. The van der Waals surface area contributed by atoms with Crippen LogP contribution in [0.1, 0.15) is 33.1 Å². The molecule has 0 aromatic carbocycles. The minimum atomic E-state index is -0.738. The maximum absolute atomic E-state index is 11.2. The summed E-state index contributed by atoms with van der Waals surface area (Å²) in [5.74, 6) is -0.750. The highest BCUT2D eigenvalue weighted by atomic mass is 16.5. The van der Waals surface area contributed by atoms with E-state index in [1.165, 1.54) is 24.0 Å². The van der Waals surface area contributed by atoms with Gasteiger partial charge in [0.05, 0.1) is 0 Å². The van der Waals surface area contributed by atoms with E-state index in [1.807, 2.05) is 13.8 Å². The molecule has 0 radical (unpaired) electrons. The van der Waals surface area contributed by atoms with Crippen LogP contribution in [-0.2, 0) is 19.1 Å². The Morgan fingerprint density at radius 1 is 0.800 bits per heavy atom. The highest BCUT2D eigenvalue weighted by molar-refractivity contribution is 6.03.